The number of aromatic nitrogens is 2. The van der Waals surface area contributed by atoms with Crippen molar-refractivity contribution in [3.63, 3.8) is 0 Å². The average Bonchev–Trinajstić information content (AvgIpc) is 3.19. The van der Waals surface area contributed by atoms with Gasteiger partial charge in [0.25, 0.3) is 15.9 Å². The van der Waals surface area contributed by atoms with Gasteiger partial charge in [0.2, 0.25) is 5.82 Å². The van der Waals surface area contributed by atoms with Gasteiger partial charge in [0.05, 0.1) is 4.90 Å². The Balaban J connectivity index is 1.54. The van der Waals surface area contributed by atoms with Crippen molar-refractivity contribution in [1.29, 1.82) is 0 Å². The number of benzene rings is 3. The van der Waals surface area contributed by atoms with E-state index < -0.39 is 10.0 Å². The lowest BCUT2D eigenvalue weighted by molar-refractivity contribution is 0.432. The lowest BCUT2D eigenvalue weighted by Gasteiger charge is -2.08. The van der Waals surface area contributed by atoms with Gasteiger partial charge in [-0.15, -0.1) is 0 Å². The van der Waals surface area contributed by atoms with Crippen LogP contribution in [0.15, 0.2) is 88.3 Å². The Morgan fingerprint density at radius 1 is 0.857 bits per heavy atom. The van der Waals surface area contributed by atoms with Crippen molar-refractivity contribution in [3.05, 3.63) is 84.4 Å². The molecule has 0 aliphatic heterocycles. The van der Waals surface area contributed by atoms with Crippen molar-refractivity contribution in [1.82, 2.24) is 10.1 Å². The Bertz CT molecular complexity index is 1200. The van der Waals surface area contributed by atoms with Gasteiger partial charge in [0, 0.05) is 16.8 Å². The summed E-state index contributed by atoms with van der Waals surface area (Å²) in [6.07, 6.45) is 0. The Labute approximate surface area is 162 Å². The summed E-state index contributed by atoms with van der Waals surface area (Å²) >= 11 is 0. The van der Waals surface area contributed by atoms with Crippen LogP contribution in [0.3, 0.4) is 0 Å². The Kier molecular flexibility index (Phi) is 4.67. The Morgan fingerprint density at radius 2 is 1.61 bits per heavy atom. The first-order valence-corrected chi connectivity index (χ1v) is 10.1. The van der Waals surface area contributed by atoms with Crippen LogP contribution < -0.4 is 4.72 Å². The molecule has 0 radical (unpaired) electrons. The minimum absolute atomic E-state index is 0.208. The van der Waals surface area contributed by atoms with Crippen LogP contribution in [0, 0.1) is 6.92 Å². The molecule has 0 saturated heterocycles. The highest BCUT2D eigenvalue weighted by atomic mass is 32.2. The van der Waals surface area contributed by atoms with Crippen LogP contribution in [0.5, 0.6) is 0 Å². The van der Waals surface area contributed by atoms with E-state index in [0.29, 0.717) is 17.4 Å². The molecule has 0 aliphatic carbocycles. The smallest absolute Gasteiger partial charge is 0.261 e. The van der Waals surface area contributed by atoms with E-state index in [-0.39, 0.29) is 4.90 Å². The maximum Gasteiger partial charge on any atom is 0.261 e. The van der Waals surface area contributed by atoms with Crippen molar-refractivity contribution in [2.24, 2.45) is 0 Å². The lowest BCUT2D eigenvalue weighted by Crippen LogP contribution is -2.12. The van der Waals surface area contributed by atoms with Crippen LogP contribution in [0.4, 0.5) is 5.69 Å². The zero-order valence-electron chi connectivity index (χ0n) is 15.0. The second-order valence-electron chi connectivity index (χ2n) is 6.29. The summed E-state index contributed by atoms with van der Waals surface area (Å²) in [5.41, 5.74) is 3.14. The molecular formula is C21H17N3O3S. The number of anilines is 1. The van der Waals surface area contributed by atoms with Gasteiger partial charge in [0.15, 0.2) is 0 Å². The maximum atomic E-state index is 12.4. The van der Waals surface area contributed by atoms with E-state index in [9.17, 15) is 8.42 Å². The second-order valence-corrected chi connectivity index (χ2v) is 7.97. The maximum absolute atomic E-state index is 12.4. The summed E-state index contributed by atoms with van der Waals surface area (Å²) in [5, 5.41) is 4.02. The summed E-state index contributed by atoms with van der Waals surface area (Å²) in [6, 6.07) is 22.8. The molecule has 0 fully saturated rings. The predicted octanol–water partition coefficient (Wildman–Crippen LogP) is 4.51. The molecule has 0 unspecified atom stereocenters. The fourth-order valence-corrected chi connectivity index (χ4v) is 3.82. The molecule has 6 nitrogen and oxygen atoms in total. The zero-order chi connectivity index (χ0) is 19.6. The number of aryl methyl sites for hydroxylation is 1. The molecule has 1 N–H and O–H groups in total. The summed E-state index contributed by atoms with van der Waals surface area (Å²) < 4.78 is 32.7. The van der Waals surface area contributed by atoms with Crippen LogP contribution in [0.1, 0.15) is 5.56 Å². The summed E-state index contributed by atoms with van der Waals surface area (Å²) in [5.74, 6) is 0.876. The highest BCUT2D eigenvalue weighted by Gasteiger charge is 2.14. The van der Waals surface area contributed by atoms with Crippen LogP contribution in [-0.4, -0.2) is 18.6 Å². The summed E-state index contributed by atoms with van der Waals surface area (Å²) in [6.45, 7) is 2.00. The van der Waals surface area contributed by atoms with Gasteiger partial charge in [0.1, 0.15) is 0 Å². The van der Waals surface area contributed by atoms with E-state index >= 15 is 0 Å². The van der Waals surface area contributed by atoms with Crippen molar-refractivity contribution >= 4 is 15.7 Å². The predicted molar refractivity (Wildman–Crippen MR) is 107 cm³/mol. The largest absolute Gasteiger partial charge is 0.334 e. The molecule has 1 aromatic heterocycles. The number of rotatable bonds is 5. The minimum Gasteiger partial charge on any atom is -0.334 e. The molecule has 28 heavy (non-hydrogen) atoms. The van der Waals surface area contributed by atoms with E-state index in [2.05, 4.69) is 14.9 Å². The third-order valence-corrected chi connectivity index (χ3v) is 5.54. The molecule has 3 aromatic carbocycles. The first-order chi connectivity index (χ1) is 13.5. The van der Waals surface area contributed by atoms with Crippen LogP contribution >= 0.6 is 0 Å². The molecule has 0 atom stereocenters. The van der Waals surface area contributed by atoms with Crippen molar-refractivity contribution in [2.75, 3.05) is 4.72 Å². The fourth-order valence-electron chi connectivity index (χ4n) is 2.74. The molecule has 4 aromatic rings. The molecule has 140 valence electrons. The van der Waals surface area contributed by atoms with E-state index in [1.165, 1.54) is 0 Å². The van der Waals surface area contributed by atoms with E-state index in [1.807, 2.05) is 31.2 Å². The van der Waals surface area contributed by atoms with Gasteiger partial charge < -0.3 is 4.52 Å². The van der Waals surface area contributed by atoms with Gasteiger partial charge in [-0.05, 0) is 55.5 Å². The molecule has 7 heteroatoms. The van der Waals surface area contributed by atoms with Crippen molar-refractivity contribution in [2.45, 2.75) is 11.8 Å². The number of sulfonamides is 1. The molecule has 0 bridgehead atoms. The molecular weight excluding hydrogens is 374 g/mol. The molecule has 0 aliphatic rings. The van der Waals surface area contributed by atoms with Crippen molar-refractivity contribution < 1.29 is 12.9 Å². The van der Waals surface area contributed by atoms with Gasteiger partial charge in [-0.1, -0.05) is 41.1 Å². The first kappa shape index (κ1) is 17.9. The van der Waals surface area contributed by atoms with E-state index in [4.69, 9.17) is 4.52 Å². The third-order valence-electron chi connectivity index (χ3n) is 4.14. The standard InChI is InChI=1S/C21H17N3O3S/c1-15-6-5-7-17(14-15)21-22-20(23-27-21)16-10-12-18(13-11-16)24-28(25,26)19-8-3-2-4-9-19/h2-14,24H,1H3. The third kappa shape index (κ3) is 3.79. The van der Waals surface area contributed by atoms with Gasteiger partial charge >= 0.3 is 0 Å². The highest BCUT2D eigenvalue weighted by Crippen LogP contribution is 2.24. The molecule has 0 saturated carbocycles. The summed E-state index contributed by atoms with van der Waals surface area (Å²) in [4.78, 5) is 4.64. The van der Waals surface area contributed by atoms with Gasteiger partial charge in [-0.25, -0.2) is 8.42 Å². The van der Waals surface area contributed by atoms with Crippen molar-refractivity contribution in [3.8, 4) is 22.8 Å². The molecule has 4 rings (SSSR count). The molecule has 0 spiro atoms. The average molecular weight is 391 g/mol. The zero-order valence-corrected chi connectivity index (χ0v) is 15.8. The summed E-state index contributed by atoms with van der Waals surface area (Å²) in [7, 11) is -3.63. The quantitative estimate of drug-likeness (QED) is 0.541. The number of nitrogens with zero attached hydrogens (tertiary/aromatic N) is 2. The van der Waals surface area contributed by atoms with E-state index in [0.717, 1.165) is 16.7 Å². The SMILES string of the molecule is Cc1cccc(-c2nc(-c3ccc(NS(=O)(=O)c4ccccc4)cc3)no2)c1. The van der Waals surface area contributed by atoms with Gasteiger partial charge in [-0.2, -0.15) is 4.98 Å². The lowest BCUT2D eigenvalue weighted by atomic mass is 10.1. The van der Waals surface area contributed by atoms with Crippen LogP contribution in [0.25, 0.3) is 22.8 Å². The number of hydrogen-bond donors (Lipinski definition) is 1. The fraction of sp³-hybridized carbons (Fsp3) is 0.0476. The first-order valence-electron chi connectivity index (χ1n) is 8.60. The number of nitrogens with one attached hydrogen (secondary N) is 1. The Morgan fingerprint density at radius 3 is 2.32 bits per heavy atom. The minimum atomic E-state index is -3.63. The second kappa shape index (κ2) is 7.28. The monoisotopic (exact) mass is 391 g/mol. The van der Waals surface area contributed by atoms with E-state index in [1.54, 1.807) is 54.6 Å². The van der Waals surface area contributed by atoms with Crippen LogP contribution in [0.2, 0.25) is 0 Å². The molecule has 1 heterocycles. The topological polar surface area (TPSA) is 85.1 Å². The van der Waals surface area contributed by atoms with Crippen LogP contribution in [-0.2, 0) is 10.0 Å². The molecule has 0 amide bonds. The highest BCUT2D eigenvalue weighted by molar-refractivity contribution is 7.92. The van der Waals surface area contributed by atoms with Gasteiger partial charge in [-0.3, -0.25) is 4.72 Å². The normalized spacial score (nSPS) is 11.3. The Hall–Kier alpha value is -3.45. The number of hydrogen-bond acceptors (Lipinski definition) is 5.